The molecule has 0 bridgehead atoms. The molecule has 7 heteroatoms. The Bertz CT molecular complexity index is 451. The Morgan fingerprint density at radius 2 is 2.00 bits per heavy atom. The van der Waals surface area contributed by atoms with Gasteiger partial charge >= 0.3 is 0 Å². The molecule has 6 nitrogen and oxygen atoms in total. The number of nitrogens with zero attached hydrogens (tertiary/aromatic N) is 4. The Kier molecular flexibility index (Phi) is 2.91. The summed E-state index contributed by atoms with van der Waals surface area (Å²) in [4.78, 5) is 15.9. The summed E-state index contributed by atoms with van der Waals surface area (Å²) in [7, 11) is 1.97. The normalized spacial score (nSPS) is 26.3. The van der Waals surface area contributed by atoms with Gasteiger partial charge in [0.2, 0.25) is 5.95 Å². The summed E-state index contributed by atoms with van der Waals surface area (Å²) in [6.07, 6.45) is 4.91. The van der Waals surface area contributed by atoms with E-state index in [1.54, 1.807) is 0 Å². The zero-order chi connectivity index (χ0) is 12.5. The van der Waals surface area contributed by atoms with Crippen LogP contribution in [0, 0.1) is 0 Å². The number of hydrogen-bond acceptors (Lipinski definition) is 6. The van der Waals surface area contributed by atoms with E-state index in [0.717, 1.165) is 30.2 Å². The molecular weight excluding hydrogens is 231 g/mol. The second-order valence-electron chi connectivity index (χ2n) is 4.93. The lowest BCUT2D eigenvalue weighted by Gasteiger charge is -2.33. The lowest BCUT2D eigenvalue weighted by molar-refractivity contribution is -0.0698. The van der Waals surface area contributed by atoms with Gasteiger partial charge in [0.05, 0.1) is 24.9 Å². The second-order valence-corrected chi connectivity index (χ2v) is 4.93. The first-order valence-electron chi connectivity index (χ1n) is 6.14. The van der Waals surface area contributed by atoms with Crippen molar-refractivity contribution in [2.24, 2.45) is 5.16 Å². The van der Waals surface area contributed by atoms with Crippen LogP contribution in [0.1, 0.15) is 12.8 Å². The van der Waals surface area contributed by atoms with E-state index < -0.39 is 0 Å². The third-order valence-electron chi connectivity index (χ3n) is 3.20. The molecule has 0 unspecified atom stereocenters. The van der Waals surface area contributed by atoms with Crippen molar-refractivity contribution in [1.29, 1.82) is 0 Å². The summed E-state index contributed by atoms with van der Waals surface area (Å²) in [5.74, 6) is 0.735. The van der Waals surface area contributed by atoms with Crippen molar-refractivity contribution < 1.29 is 9.94 Å². The van der Waals surface area contributed by atoms with E-state index in [1.807, 2.05) is 25.1 Å². The van der Waals surface area contributed by atoms with E-state index >= 15 is 0 Å². The number of rotatable bonds is 3. The minimum atomic E-state index is -0.200. The predicted octanol–water partition coefficient (Wildman–Crippen LogP) is -1.55. The van der Waals surface area contributed by atoms with Crippen molar-refractivity contribution in [3.63, 3.8) is 0 Å². The molecule has 1 aliphatic heterocycles. The topological polar surface area (TPSA) is 70.8 Å². The quantitative estimate of drug-likeness (QED) is 0.516. The first-order chi connectivity index (χ1) is 8.70. The van der Waals surface area contributed by atoms with E-state index in [1.165, 1.54) is 0 Å². The molecule has 2 fully saturated rings. The van der Waals surface area contributed by atoms with E-state index in [9.17, 15) is 0 Å². The van der Waals surface area contributed by atoms with Crippen molar-refractivity contribution in [3.8, 4) is 0 Å². The lowest BCUT2D eigenvalue weighted by Crippen LogP contribution is -2.49. The molecule has 2 aliphatic rings. The standard InChI is InChI=1S/C11H15BN4O2/c12-7-3-13-11(14-4-7)16-5-8(6-16)15-18-10-1-9(17)2-10/h3-4,9-10,17H,1-2,5-6,12H2. The number of anilines is 1. The molecular formula is C11H15BN4O2. The smallest absolute Gasteiger partial charge is 0.225 e. The fourth-order valence-electron chi connectivity index (χ4n) is 1.92. The second kappa shape index (κ2) is 4.57. The number of oxime groups is 1. The van der Waals surface area contributed by atoms with Crippen LogP contribution < -0.4 is 10.4 Å². The Balaban J connectivity index is 1.47. The molecule has 1 aromatic heterocycles. The van der Waals surface area contributed by atoms with Crippen LogP contribution in [0.25, 0.3) is 0 Å². The number of aromatic nitrogens is 2. The van der Waals surface area contributed by atoms with Crippen molar-refractivity contribution in [3.05, 3.63) is 12.4 Å². The van der Waals surface area contributed by atoms with Crippen LogP contribution >= 0.6 is 0 Å². The van der Waals surface area contributed by atoms with Crippen molar-refractivity contribution >= 4 is 25.0 Å². The Hall–Kier alpha value is -1.63. The monoisotopic (exact) mass is 246 g/mol. The molecule has 94 valence electrons. The number of aliphatic hydroxyl groups is 1. The van der Waals surface area contributed by atoms with Gasteiger partial charge in [-0.3, -0.25) is 0 Å². The largest absolute Gasteiger partial charge is 0.393 e. The third-order valence-corrected chi connectivity index (χ3v) is 3.20. The molecule has 18 heavy (non-hydrogen) atoms. The maximum absolute atomic E-state index is 9.11. The lowest BCUT2D eigenvalue weighted by atomic mass is 9.93. The highest BCUT2D eigenvalue weighted by Gasteiger charge is 2.30. The molecule has 2 heterocycles. The highest BCUT2D eigenvalue weighted by atomic mass is 16.6. The predicted molar refractivity (Wildman–Crippen MR) is 70.0 cm³/mol. The zero-order valence-electron chi connectivity index (χ0n) is 10.3. The molecule has 0 spiro atoms. The van der Waals surface area contributed by atoms with Gasteiger partial charge in [0.25, 0.3) is 0 Å². The number of aliphatic hydroxyl groups excluding tert-OH is 1. The van der Waals surface area contributed by atoms with Gasteiger partial charge in [-0.25, -0.2) is 9.97 Å². The summed E-state index contributed by atoms with van der Waals surface area (Å²) < 4.78 is 0. The average Bonchev–Trinajstić information content (AvgIpc) is 2.26. The molecule has 3 rings (SSSR count). The highest BCUT2D eigenvalue weighted by Crippen LogP contribution is 2.23. The van der Waals surface area contributed by atoms with Gasteiger partial charge in [0.15, 0.2) is 0 Å². The average molecular weight is 246 g/mol. The van der Waals surface area contributed by atoms with E-state index in [0.29, 0.717) is 12.8 Å². The van der Waals surface area contributed by atoms with Gasteiger partial charge in [0, 0.05) is 25.2 Å². The summed E-state index contributed by atoms with van der Waals surface area (Å²) in [6.45, 7) is 1.44. The van der Waals surface area contributed by atoms with Crippen LogP contribution in [-0.4, -0.2) is 53.9 Å². The van der Waals surface area contributed by atoms with Crippen LogP contribution in [0.4, 0.5) is 5.95 Å². The van der Waals surface area contributed by atoms with Gasteiger partial charge in [-0.2, -0.15) is 0 Å². The summed E-state index contributed by atoms with van der Waals surface area (Å²) >= 11 is 0. The molecule has 1 saturated carbocycles. The fourth-order valence-corrected chi connectivity index (χ4v) is 1.92. The van der Waals surface area contributed by atoms with Gasteiger partial charge in [-0.1, -0.05) is 10.6 Å². The van der Waals surface area contributed by atoms with Crippen molar-refractivity contribution in [1.82, 2.24) is 9.97 Å². The Labute approximate surface area is 106 Å². The van der Waals surface area contributed by atoms with Gasteiger partial charge in [-0.05, 0) is 0 Å². The number of hydrogen-bond donors (Lipinski definition) is 1. The summed E-state index contributed by atoms with van der Waals surface area (Å²) in [5, 5.41) is 13.2. The van der Waals surface area contributed by atoms with Crippen LogP contribution in [-0.2, 0) is 4.84 Å². The maximum Gasteiger partial charge on any atom is 0.225 e. The maximum atomic E-state index is 9.11. The molecule has 0 amide bonds. The highest BCUT2D eigenvalue weighted by molar-refractivity contribution is 6.31. The molecule has 1 N–H and O–H groups in total. The molecule has 1 saturated heterocycles. The molecule has 0 aromatic carbocycles. The third kappa shape index (κ3) is 2.31. The SMILES string of the molecule is Bc1cnc(N2CC(=NOC3CC(O)C3)C2)nc1. The Morgan fingerprint density at radius 1 is 1.33 bits per heavy atom. The van der Waals surface area contributed by atoms with Gasteiger partial charge < -0.3 is 14.8 Å². The fraction of sp³-hybridized carbons (Fsp3) is 0.545. The van der Waals surface area contributed by atoms with E-state index in [-0.39, 0.29) is 12.2 Å². The first-order valence-corrected chi connectivity index (χ1v) is 6.14. The van der Waals surface area contributed by atoms with Crippen molar-refractivity contribution in [2.45, 2.75) is 25.0 Å². The summed E-state index contributed by atoms with van der Waals surface area (Å²) in [5.41, 5.74) is 2.06. The van der Waals surface area contributed by atoms with Crippen LogP contribution in [0.3, 0.4) is 0 Å². The minimum absolute atomic E-state index is 0.0946. The molecule has 0 radical (unpaired) electrons. The van der Waals surface area contributed by atoms with Gasteiger partial charge in [-0.15, -0.1) is 0 Å². The van der Waals surface area contributed by atoms with Crippen molar-refractivity contribution in [2.75, 3.05) is 18.0 Å². The first kappa shape index (κ1) is 11.5. The van der Waals surface area contributed by atoms with Crippen LogP contribution in [0.15, 0.2) is 17.5 Å². The summed E-state index contributed by atoms with van der Waals surface area (Å²) in [6, 6.07) is 0. The van der Waals surface area contributed by atoms with Crippen LogP contribution in [0.2, 0.25) is 0 Å². The molecule has 1 aromatic rings. The van der Waals surface area contributed by atoms with E-state index in [2.05, 4.69) is 15.1 Å². The zero-order valence-corrected chi connectivity index (χ0v) is 10.3. The molecule has 1 aliphatic carbocycles. The van der Waals surface area contributed by atoms with Gasteiger partial charge in [0.1, 0.15) is 14.0 Å². The minimum Gasteiger partial charge on any atom is -0.393 e. The van der Waals surface area contributed by atoms with Crippen LogP contribution in [0.5, 0.6) is 0 Å². The molecule has 0 atom stereocenters. The Morgan fingerprint density at radius 3 is 2.61 bits per heavy atom. The van der Waals surface area contributed by atoms with E-state index in [4.69, 9.17) is 9.94 Å².